The normalized spacial score (nSPS) is 13.4. The van der Waals surface area contributed by atoms with Crippen LogP contribution in [0.3, 0.4) is 0 Å². The van der Waals surface area contributed by atoms with Crippen LogP contribution in [0.5, 0.6) is 0 Å². The van der Waals surface area contributed by atoms with Crippen molar-refractivity contribution in [3.8, 4) is 0 Å². The molecule has 0 amide bonds. The summed E-state index contributed by atoms with van der Waals surface area (Å²) in [6.07, 6.45) is 2.67. The van der Waals surface area contributed by atoms with Gasteiger partial charge in [0, 0.05) is 13.9 Å². The van der Waals surface area contributed by atoms with Crippen LogP contribution in [0, 0.1) is 0 Å². The minimum Gasteiger partial charge on any atom is -0.305 e. The maximum Gasteiger partial charge on any atom is 0.149 e. The standard InChI is InChI=1S/C10H21NO.H2/c1-5-7-9(10(12)6-2)11-8(3)4;/h8-9,11H,5-7H2,1-4H3;1H/t9-;/m0./s1. The lowest BCUT2D eigenvalue weighted by atomic mass is 10.0. The maximum absolute atomic E-state index is 11.4. The Kier molecular flexibility index (Phi) is 5.99. The molecule has 0 spiro atoms. The second-order valence-electron chi connectivity index (χ2n) is 3.48. The van der Waals surface area contributed by atoms with Crippen LogP contribution < -0.4 is 5.32 Å². The highest BCUT2D eigenvalue weighted by atomic mass is 16.1. The molecule has 2 heteroatoms. The maximum atomic E-state index is 11.4. The van der Waals surface area contributed by atoms with E-state index < -0.39 is 0 Å². The van der Waals surface area contributed by atoms with E-state index in [-0.39, 0.29) is 7.47 Å². The summed E-state index contributed by atoms with van der Waals surface area (Å²) in [5.74, 6) is 0.338. The lowest BCUT2D eigenvalue weighted by Gasteiger charge is -2.18. The quantitative estimate of drug-likeness (QED) is 0.668. The number of hydrogen-bond acceptors (Lipinski definition) is 2. The molecule has 0 aliphatic carbocycles. The fraction of sp³-hybridized carbons (Fsp3) is 0.900. The van der Waals surface area contributed by atoms with E-state index in [0.717, 1.165) is 12.8 Å². The van der Waals surface area contributed by atoms with E-state index in [4.69, 9.17) is 0 Å². The summed E-state index contributed by atoms with van der Waals surface area (Å²) in [6.45, 7) is 8.18. The summed E-state index contributed by atoms with van der Waals surface area (Å²) < 4.78 is 0. The van der Waals surface area contributed by atoms with Crippen LogP contribution in [-0.4, -0.2) is 17.9 Å². The van der Waals surface area contributed by atoms with Crippen LogP contribution in [-0.2, 0) is 4.79 Å². The molecule has 0 saturated heterocycles. The molecule has 1 N–H and O–H groups in total. The molecule has 1 atom stereocenters. The number of ketones is 1. The summed E-state index contributed by atoms with van der Waals surface area (Å²) in [6, 6.07) is 0.483. The van der Waals surface area contributed by atoms with E-state index in [1.807, 2.05) is 6.92 Å². The van der Waals surface area contributed by atoms with E-state index in [9.17, 15) is 4.79 Å². The number of hydrogen-bond donors (Lipinski definition) is 1. The second kappa shape index (κ2) is 6.18. The highest BCUT2D eigenvalue weighted by Gasteiger charge is 2.15. The molecule has 0 aliphatic rings. The van der Waals surface area contributed by atoms with E-state index in [1.165, 1.54) is 0 Å². The van der Waals surface area contributed by atoms with Crippen LogP contribution in [0.2, 0.25) is 0 Å². The predicted molar refractivity (Wildman–Crippen MR) is 54.4 cm³/mol. The van der Waals surface area contributed by atoms with Gasteiger partial charge in [0.2, 0.25) is 0 Å². The van der Waals surface area contributed by atoms with Gasteiger partial charge in [0.05, 0.1) is 6.04 Å². The van der Waals surface area contributed by atoms with Gasteiger partial charge in [-0.05, 0) is 6.42 Å². The number of Topliss-reactive ketones (excluding diaryl/α,β-unsaturated/α-hetero) is 1. The SMILES string of the molecule is CCC[C@H](NC(C)C)C(=O)CC.[HH]. The number of rotatable bonds is 6. The average Bonchev–Trinajstić information content (AvgIpc) is 2.01. The molecule has 12 heavy (non-hydrogen) atoms. The molecule has 0 unspecified atom stereocenters. The molecule has 0 aromatic rings. The molecule has 0 rings (SSSR count). The lowest BCUT2D eigenvalue weighted by Crippen LogP contribution is -2.40. The summed E-state index contributed by atoms with van der Waals surface area (Å²) in [7, 11) is 0. The van der Waals surface area contributed by atoms with Crippen molar-refractivity contribution in [3.05, 3.63) is 0 Å². The fourth-order valence-corrected chi connectivity index (χ4v) is 1.27. The van der Waals surface area contributed by atoms with Crippen LogP contribution >= 0.6 is 0 Å². The van der Waals surface area contributed by atoms with Gasteiger partial charge >= 0.3 is 0 Å². The van der Waals surface area contributed by atoms with Gasteiger partial charge in [0.15, 0.2) is 0 Å². The predicted octanol–water partition coefficient (Wildman–Crippen LogP) is 2.38. The van der Waals surface area contributed by atoms with Crippen LogP contribution in [0.25, 0.3) is 0 Å². The van der Waals surface area contributed by atoms with E-state index >= 15 is 0 Å². The van der Waals surface area contributed by atoms with Gasteiger partial charge in [-0.3, -0.25) is 4.79 Å². The first-order chi connectivity index (χ1) is 5.61. The van der Waals surface area contributed by atoms with E-state index in [1.54, 1.807) is 0 Å². The largest absolute Gasteiger partial charge is 0.305 e. The average molecular weight is 173 g/mol. The number of carbonyl (C=O) groups excluding carboxylic acids is 1. The van der Waals surface area contributed by atoms with Crippen molar-refractivity contribution in [2.24, 2.45) is 0 Å². The fourth-order valence-electron chi connectivity index (χ4n) is 1.27. The topological polar surface area (TPSA) is 29.1 Å². The number of carbonyl (C=O) groups is 1. The molecule has 0 aromatic carbocycles. The van der Waals surface area contributed by atoms with Crippen molar-refractivity contribution >= 4 is 5.78 Å². The van der Waals surface area contributed by atoms with Crippen LogP contribution in [0.15, 0.2) is 0 Å². The number of nitrogens with one attached hydrogen (secondary N) is 1. The smallest absolute Gasteiger partial charge is 0.149 e. The zero-order valence-corrected chi connectivity index (χ0v) is 8.68. The first kappa shape index (κ1) is 11.6. The first-order valence-electron chi connectivity index (χ1n) is 4.90. The van der Waals surface area contributed by atoms with Crippen molar-refractivity contribution in [2.45, 2.75) is 59.0 Å². The molecule has 74 valence electrons. The molecule has 0 bridgehead atoms. The van der Waals surface area contributed by atoms with Crippen LogP contribution in [0.1, 0.15) is 48.4 Å². The Labute approximate surface area is 77.2 Å². The van der Waals surface area contributed by atoms with Gasteiger partial charge in [-0.1, -0.05) is 34.1 Å². The minimum absolute atomic E-state index is 0. The van der Waals surface area contributed by atoms with Gasteiger partial charge in [-0.25, -0.2) is 0 Å². The Hall–Kier alpha value is -0.370. The molecule has 0 aromatic heterocycles. The monoisotopic (exact) mass is 173 g/mol. The first-order valence-corrected chi connectivity index (χ1v) is 4.90. The summed E-state index contributed by atoms with van der Waals surface area (Å²) in [5, 5.41) is 3.28. The van der Waals surface area contributed by atoms with Gasteiger partial charge in [-0.15, -0.1) is 0 Å². The molecule has 0 radical (unpaired) electrons. The Balaban J connectivity index is 0. The zero-order chi connectivity index (χ0) is 9.56. The van der Waals surface area contributed by atoms with Gasteiger partial charge < -0.3 is 5.32 Å². The Bertz CT molecular complexity index is 137. The summed E-state index contributed by atoms with van der Waals surface area (Å²) in [5.41, 5.74) is 0. The van der Waals surface area contributed by atoms with Gasteiger partial charge in [-0.2, -0.15) is 0 Å². The lowest BCUT2D eigenvalue weighted by molar-refractivity contribution is -0.121. The third-order valence-corrected chi connectivity index (χ3v) is 1.85. The molecular formula is C10H23NO. The molecule has 0 aliphatic heterocycles. The molecule has 2 nitrogen and oxygen atoms in total. The van der Waals surface area contributed by atoms with Crippen LogP contribution in [0.4, 0.5) is 0 Å². The van der Waals surface area contributed by atoms with Gasteiger partial charge in [0.1, 0.15) is 5.78 Å². The Morgan fingerprint density at radius 2 is 2.00 bits per heavy atom. The Morgan fingerprint density at radius 3 is 2.33 bits per heavy atom. The highest BCUT2D eigenvalue weighted by Crippen LogP contribution is 2.01. The molecule has 0 fully saturated rings. The summed E-state index contributed by atoms with van der Waals surface area (Å²) in [4.78, 5) is 11.4. The second-order valence-corrected chi connectivity index (χ2v) is 3.48. The Morgan fingerprint density at radius 1 is 1.42 bits per heavy atom. The zero-order valence-electron chi connectivity index (χ0n) is 8.68. The molecular weight excluding hydrogens is 150 g/mol. The minimum atomic E-state index is 0. The summed E-state index contributed by atoms with van der Waals surface area (Å²) >= 11 is 0. The highest BCUT2D eigenvalue weighted by molar-refractivity contribution is 5.83. The van der Waals surface area contributed by atoms with Crippen molar-refractivity contribution in [3.63, 3.8) is 0 Å². The van der Waals surface area contributed by atoms with Crippen molar-refractivity contribution in [1.82, 2.24) is 5.32 Å². The molecule has 0 saturated carbocycles. The van der Waals surface area contributed by atoms with Crippen molar-refractivity contribution in [2.75, 3.05) is 0 Å². The third kappa shape index (κ3) is 4.50. The van der Waals surface area contributed by atoms with E-state index in [2.05, 4.69) is 26.1 Å². The van der Waals surface area contributed by atoms with E-state index in [0.29, 0.717) is 18.2 Å². The van der Waals surface area contributed by atoms with Crippen molar-refractivity contribution < 1.29 is 6.22 Å². The third-order valence-electron chi connectivity index (χ3n) is 1.85. The van der Waals surface area contributed by atoms with Gasteiger partial charge in [0.25, 0.3) is 0 Å². The van der Waals surface area contributed by atoms with Crippen molar-refractivity contribution in [1.29, 1.82) is 0 Å². The molecule has 0 heterocycles.